The number of halogens is 2. The number of pyridine rings is 1. The van der Waals surface area contributed by atoms with Gasteiger partial charge in [-0.3, -0.25) is 4.98 Å². The minimum Gasteiger partial charge on any atom is -0.310 e. The largest absolute Gasteiger partial charge is 0.310 e. The van der Waals surface area contributed by atoms with Crippen molar-refractivity contribution in [2.45, 2.75) is 19.4 Å². The zero-order valence-corrected chi connectivity index (χ0v) is 10.7. The van der Waals surface area contributed by atoms with Gasteiger partial charge in [0.05, 0.1) is 0 Å². The molecular weight excluding hydrogens is 246 g/mol. The first-order valence-corrected chi connectivity index (χ1v) is 6.23. The molecule has 1 unspecified atom stereocenters. The van der Waals surface area contributed by atoms with Crippen molar-refractivity contribution in [3.05, 3.63) is 65.5 Å². The van der Waals surface area contributed by atoms with E-state index in [4.69, 9.17) is 0 Å². The minimum atomic E-state index is -0.532. The summed E-state index contributed by atoms with van der Waals surface area (Å²) in [6.45, 7) is 2.68. The van der Waals surface area contributed by atoms with Crippen LogP contribution >= 0.6 is 0 Å². The summed E-state index contributed by atoms with van der Waals surface area (Å²) in [6.07, 6.45) is 4.12. The van der Waals surface area contributed by atoms with Crippen LogP contribution in [0.25, 0.3) is 0 Å². The molecule has 0 spiro atoms. The van der Waals surface area contributed by atoms with E-state index in [2.05, 4.69) is 10.3 Å². The summed E-state index contributed by atoms with van der Waals surface area (Å²) < 4.78 is 26.0. The normalized spacial score (nSPS) is 12.4. The minimum absolute atomic E-state index is 0.159. The van der Waals surface area contributed by atoms with Gasteiger partial charge in [-0.25, -0.2) is 8.78 Å². The van der Waals surface area contributed by atoms with Gasteiger partial charge in [0.25, 0.3) is 0 Å². The van der Waals surface area contributed by atoms with Crippen LogP contribution in [0.2, 0.25) is 0 Å². The Kier molecular flexibility index (Phi) is 4.58. The highest BCUT2D eigenvalue weighted by Crippen LogP contribution is 2.11. The Morgan fingerprint density at radius 1 is 1.21 bits per heavy atom. The van der Waals surface area contributed by atoms with Gasteiger partial charge in [0.1, 0.15) is 11.6 Å². The monoisotopic (exact) mass is 262 g/mol. The molecular formula is C15H16F2N2. The van der Waals surface area contributed by atoms with Crippen molar-refractivity contribution < 1.29 is 8.78 Å². The van der Waals surface area contributed by atoms with Crippen LogP contribution < -0.4 is 5.32 Å². The van der Waals surface area contributed by atoms with Crippen LogP contribution in [0, 0.1) is 11.6 Å². The highest BCUT2D eigenvalue weighted by molar-refractivity contribution is 5.18. The average molecular weight is 262 g/mol. The first-order chi connectivity index (χ1) is 9.15. The van der Waals surface area contributed by atoms with Gasteiger partial charge >= 0.3 is 0 Å². The van der Waals surface area contributed by atoms with Crippen molar-refractivity contribution in [3.8, 4) is 0 Å². The van der Waals surface area contributed by atoms with Crippen molar-refractivity contribution in [1.29, 1.82) is 0 Å². The van der Waals surface area contributed by atoms with Crippen LogP contribution in [-0.2, 0) is 6.42 Å². The van der Waals surface area contributed by atoms with E-state index in [0.717, 1.165) is 11.6 Å². The Bertz CT molecular complexity index is 509. The molecule has 2 rings (SSSR count). The summed E-state index contributed by atoms with van der Waals surface area (Å²) in [6, 6.07) is 7.64. The second-order valence-corrected chi connectivity index (χ2v) is 4.49. The van der Waals surface area contributed by atoms with Gasteiger partial charge in [-0.05, 0) is 49.2 Å². The van der Waals surface area contributed by atoms with Crippen molar-refractivity contribution in [2.75, 3.05) is 6.54 Å². The topological polar surface area (TPSA) is 24.9 Å². The Balaban J connectivity index is 1.86. The molecule has 0 bridgehead atoms. The molecule has 0 saturated heterocycles. The fraction of sp³-hybridized carbons (Fsp3) is 0.267. The molecule has 0 aliphatic rings. The van der Waals surface area contributed by atoms with E-state index in [-0.39, 0.29) is 6.04 Å². The summed E-state index contributed by atoms with van der Waals surface area (Å²) in [5.41, 5.74) is 1.75. The van der Waals surface area contributed by atoms with E-state index in [9.17, 15) is 8.78 Å². The van der Waals surface area contributed by atoms with Gasteiger partial charge in [0, 0.05) is 24.5 Å². The van der Waals surface area contributed by atoms with Crippen molar-refractivity contribution >= 4 is 0 Å². The summed E-state index contributed by atoms with van der Waals surface area (Å²) in [7, 11) is 0. The standard InChI is InChI=1S/C15H16F2N2/c1-11(13-3-2-5-18-10-13)19-6-4-12-7-14(16)9-15(17)8-12/h2-3,5,7-11,19H,4,6H2,1H3. The Labute approximate surface area is 111 Å². The van der Waals surface area contributed by atoms with Crippen LogP contribution in [0.3, 0.4) is 0 Å². The Morgan fingerprint density at radius 2 is 1.95 bits per heavy atom. The van der Waals surface area contributed by atoms with Crippen molar-refractivity contribution in [1.82, 2.24) is 10.3 Å². The number of nitrogens with zero attached hydrogens (tertiary/aromatic N) is 1. The van der Waals surface area contributed by atoms with Gasteiger partial charge in [-0.15, -0.1) is 0 Å². The predicted molar refractivity (Wildman–Crippen MR) is 70.7 cm³/mol. The molecule has 0 fully saturated rings. The SMILES string of the molecule is CC(NCCc1cc(F)cc(F)c1)c1cccnc1. The number of rotatable bonds is 5. The van der Waals surface area contributed by atoms with Gasteiger partial charge in [0.2, 0.25) is 0 Å². The van der Waals surface area contributed by atoms with Crippen LogP contribution in [-0.4, -0.2) is 11.5 Å². The molecule has 0 aliphatic carbocycles. The van der Waals surface area contributed by atoms with E-state index >= 15 is 0 Å². The second-order valence-electron chi connectivity index (χ2n) is 4.49. The maximum Gasteiger partial charge on any atom is 0.126 e. The first-order valence-electron chi connectivity index (χ1n) is 6.23. The molecule has 19 heavy (non-hydrogen) atoms. The molecule has 1 atom stereocenters. The number of hydrogen-bond donors (Lipinski definition) is 1. The lowest BCUT2D eigenvalue weighted by Crippen LogP contribution is -2.21. The average Bonchev–Trinajstić information content (AvgIpc) is 2.38. The lowest BCUT2D eigenvalue weighted by atomic mass is 10.1. The van der Waals surface area contributed by atoms with Crippen molar-refractivity contribution in [2.24, 2.45) is 0 Å². The van der Waals surface area contributed by atoms with Gasteiger partial charge in [0.15, 0.2) is 0 Å². The van der Waals surface area contributed by atoms with Gasteiger partial charge < -0.3 is 5.32 Å². The highest BCUT2D eigenvalue weighted by atomic mass is 19.1. The van der Waals surface area contributed by atoms with Crippen LogP contribution in [0.5, 0.6) is 0 Å². The smallest absolute Gasteiger partial charge is 0.126 e. The van der Waals surface area contributed by atoms with Crippen LogP contribution in [0.15, 0.2) is 42.7 Å². The van der Waals surface area contributed by atoms with Gasteiger partial charge in [-0.1, -0.05) is 6.07 Å². The Morgan fingerprint density at radius 3 is 2.58 bits per heavy atom. The summed E-state index contributed by atoms with van der Waals surface area (Å²) >= 11 is 0. The molecule has 0 saturated carbocycles. The fourth-order valence-corrected chi connectivity index (χ4v) is 1.94. The molecule has 2 aromatic rings. The third-order valence-corrected chi connectivity index (χ3v) is 2.97. The molecule has 1 aromatic carbocycles. The molecule has 1 N–H and O–H groups in total. The van der Waals surface area contributed by atoms with Crippen LogP contribution in [0.4, 0.5) is 8.78 Å². The highest BCUT2D eigenvalue weighted by Gasteiger charge is 2.05. The lowest BCUT2D eigenvalue weighted by molar-refractivity contribution is 0.562. The number of nitrogens with one attached hydrogen (secondary N) is 1. The van der Waals surface area contributed by atoms with Crippen LogP contribution in [0.1, 0.15) is 24.1 Å². The number of benzene rings is 1. The molecule has 4 heteroatoms. The summed E-state index contributed by atoms with van der Waals surface area (Å²) in [5.74, 6) is -1.06. The van der Waals surface area contributed by atoms with E-state index in [1.165, 1.54) is 12.1 Å². The molecule has 0 amide bonds. The predicted octanol–water partition coefficient (Wildman–Crippen LogP) is 3.25. The zero-order chi connectivity index (χ0) is 13.7. The second kappa shape index (κ2) is 6.38. The zero-order valence-electron chi connectivity index (χ0n) is 10.7. The van der Waals surface area contributed by atoms with E-state index in [1.54, 1.807) is 12.4 Å². The summed E-state index contributed by atoms with van der Waals surface area (Å²) in [5, 5.41) is 3.30. The number of hydrogen-bond acceptors (Lipinski definition) is 2. The van der Waals surface area contributed by atoms with Crippen molar-refractivity contribution in [3.63, 3.8) is 0 Å². The molecule has 0 aliphatic heterocycles. The fourth-order valence-electron chi connectivity index (χ4n) is 1.94. The van der Waals surface area contributed by atoms with E-state index in [1.807, 2.05) is 19.1 Å². The van der Waals surface area contributed by atoms with E-state index in [0.29, 0.717) is 18.5 Å². The van der Waals surface area contributed by atoms with E-state index < -0.39 is 11.6 Å². The molecule has 100 valence electrons. The number of aromatic nitrogens is 1. The maximum atomic E-state index is 13.0. The van der Waals surface area contributed by atoms with Gasteiger partial charge in [-0.2, -0.15) is 0 Å². The molecule has 0 radical (unpaired) electrons. The lowest BCUT2D eigenvalue weighted by Gasteiger charge is -2.13. The quantitative estimate of drug-likeness (QED) is 0.894. The molecule has 2 nitrogen and oxygen atoms in total. The first kappa shape index (κ1) is 13.6. The maximum absolute atomic E-state index is 13.0. The molecule has 1 heterocycles. The third-order valence-electron chi connectivity index (χ3n) is 2.97. The third kappa shape index (κ3) is 4.10. The Hall–Kier alpha value is -1.81. The molecule has 1 aromatic heterocycles. The summed E-state index contributed by atoms with van der Waals surface area (Å²) in [4.78, 5) is 4.06.